The van der Waals surface area contributed by atoms with Gasteiger partial charge in [-0.2, -0.15) is 0 Å². The summed E-state index contributed by atoms with van der Waals surface area (Å²) in [4.78, 5) is 23.9. The van der Waals surface area contributed by atoms with Gasteiger partial charge < -0.3 is 10.1 Å². The van der Waals surface area contributed by atoms with Crippen LogP contribution in [0, 0.1) is 11.8 Å². The summed E-state index contributed by atoms with van der Waals surface area (Å²) in [7, 11) is 1.32. The smallest absolute Gasteiger partial charge is 0.316 e. The number of anilines is 1. The zero-order chi connectivity index (χ0) is 17.2. The van der Waals surface area contributed by atoms with Gasteiger partial charge in [0.2, 0.25) is 0 Å². The Kier molecular flexibility index (Phi) is 4.93. The molecule has 1 aliphatic carbocycles. The van der Waals surface area contributed by atoms with Gasteiger partial charge in [0.1, 0.15) is 5.92 Å². The maximum absolute atomic E-state index is 12.2. The second kappa shape index (κ2) is 6.57. The fraction of sp³-hybridized carbons (Fsp3) is 0.474. The highest BCUT2D eigenvalue weighted by molar-refractivity contribution is 6.06. The molecule has 0 spiro atoms. The third-order valence-electron chi connectivity index (χ3n) is 4.24. The lowest BCUT2D eigenvalue weighted by atomic mass is 9.82. The van der Waals surface area contributed by atoms with E-state index >= 15 is 0 Å². The summed E-state index contributed by atoms with van der Waals surface area (Å²) < 4.78 is 4.72. The number of ether oxygens (including phenoxy) is 1. The largest absolute Gasteiger partial charge is 0.468 e. The van der Waals surface area contributed by atoms with Crippen molar-refractivity contribution in [2.45, 2.75) is 39.5 Å². The average Bonchev–Trinajstić information content (AvgIpc) is 2.45. The molecule has 0 saturated carbocycles. The maximum Gasteiger partial charge on any atom is 0.316 e. The molecule has 0 saturated heterocycles. The van der Waals surface area contributed by atoms with E-state index in [-0.39, 0.29) is 17.1 Å². The predicted molar refractivity (Wildman–Crippen MR) is 91.1 cm³/mol. The topological polar surface area (TPSA) is 55.4 Å². The van der Waals surface area contributed by atoms with Crippen molar-refractivity contribution < 1.29 is 14.3 Å². The number of ketones is 1. The highest BCUT2D eigenvalue weighted by atomic mass is 16.5. The first kappa shape index (κ1) is 17.3. The molecule has 2 atom stereocenters. The molecular formula is C19H25NO3. The van der Waals surface area contributed by atoms with Crippen LogP contribution in [0.25, 0.3) is 0 Å². The van der Waals surface area contributed by atoms with Crippen LogP contribution in [-0.2, 0) is 19.7 Å². The highest BCUT2D eigenvalue weighted by Gasteiger charge is 2.35. The second-order valence-electron chi connectivity index (χ2n) is 7.21. The molecule has 2 rings (SSSR count). The molecule has 23 heavy (non-hydrogen) atoms. The lowest BCUT2D eigenvalue weighted by molar-refractivity contribution is -0.150. The number of hydrogen-bond acceptors (Lipinski definition) is 4. The summed E-state index contributed by atoms with van der Waals surface area (Å²) in [6.45, 7) is 8.42. The van der Waals surface area contributed by atoms with Crippen molar-refractivity contribution in [2.24, 2.45) is 11.8 Å². The number of esters is 1. The van der Waals surface area contributed by atoms with Crippen molar-refractivity contribution in [3.05, 3.63) is 41.6 Å². The monoisotopic (exact) mass is 315 g/mol. The molecule has 4 heteroatoms. The standard InChI is InChI=1S/C19H25NO3/c1-12-10-15(11-16(21)17(12)18(22)23-5)20-14-8-6-13(7-9-14)19(2,3)4/h6-9,11-12,17,20H,10H2,1-5H3/t12-,17+/m1/s1. The molecule has 1 N–H and O–H groups in total. The quantitative estimate of drug-likeness (QED) is 0.683. The molecular weight excluding hydrogens is 290 g/mol. The lowest BCUT2D eigenvalue weighted by Gasteiger charge is -2.26. The summed E-state index contributed by atoms with van der Waals surface area (Å²) in [5, 5.41) is 3.29. The number of carbonyl (C=O) groups excluding carboxylic acids is 2. The third-order valence-corrected chi connectivity index (χ3v) is 4.24. The molecule has 0 fully saturated rings. The summed E-state index contributed by atoms with van der Waals surface area (Å²) in [5.74, 6) is -1.40. The summed E-state index contributed by atoms with van der Waals surface area (Å²) in [5.41, 5.74) is 3.16. The Hall–Kier alpha value is -2.10. The van der Waals surface area contributed by atoms with Crippen LogP contribution in [0.2, 0.25) is 0 Å². The molecule has 0 bridgehead atoms. The van der Waals surface area contributed by atoms with Gasteiger partial charge in [-0.3, -0.25) is 9.59 Å². The van der Waals surface area contributed by atoms with Crippen molar-refractivity contribution in [3.8, 4) is 0 Å². The van der Waals surface area contributed by atoms with Crippen LogP contribution in [0.15, 0.2) is 36.0 Å². The van der Waals surface area contributed by atoms with Crippen LogP contribution in [0.5, 0.6) is 0 Å². The van der Waals surface area contributed by atoms with Gasteiger partial charge in [-0.1, -0.05) is 39.8 Å². The number of allylic oxidation sites excluding steroid dienone is 2. The molecule has 0 unspecified atom stereocenters. The van der Waals surface area contributed by atoms with Gasteiger partial charge in [0.05, 0.1) is 7.11 Å². The van der Waals surface area contributed by atoms with E-state index in [0.29, 0.717) is 6.42 Å². The minimum atomic E-state index is -0.686. The Morgan fingerprint density at radius 3 is 2.30 bits per heavy atom. The van der Waals surface area contributed by atoms with E-state index in [2.05, 4.69) is 38.2 Å². The highest BCUT2D eigenvalue weighted by Crippen LogP contribution is 2.30. The Bertz CT molecular complexity index is 623. The molecule has 0 aromatic heterocycles. The number of hydrogen-bond donors (Lipinski definition) is 1. The van der Waals surface area contributed by atoms with Crippen molar-refractivity contribution >= 4 is 17.4 Å². The van der Waals surface area contributed by atoms with Crippen LogP contribution in [-0.4, -0.2) is 18.9 Å². The minimum Gasteiger partial charge on any atom is -0.468 e. The Labute approximate surface area is 137 Å². The van der Waals surface area contributed by atoms with Crippen LogP contribution in [0.4, 0.5) is 5.69 Å². The van der Waals surface area contributed by atoms with Crippen LogP contribution < -0.4 is 5.32 Å². The van der Waals surface area contributed by atoms with Gasteiger partial charge in [-0.05, 0) is 35.4 Å². The van der Waals surface area contributed by atoms with E-state index in [4.69, 9.17) is 4.74 Å². The zero-order valence-corrected chi connectivity index (χ0v) is 14.5. The van der Waals surface area contributed by atoms with E-state index < -0.39 is 11.9 Å². The second-order valence-corrected chi connectivity index (χ2v) is 7.21. The van der Waals surface area contributed by atoms with E-state index in [0.717, 1.165) is 11.4 Å². The lowest BCUT2D eigenvalue weighted by Crippen LogP contribution is -2.34. The average molecular weight is 315 g/mol. The fourth-order valence-corrected chi connectivity index (χ4v) is 2.87. The first-order valence-corrected chi connectivity index (χ1v) is 7.92. The Morgan fingerprint density at radius 2 is 1.83 bits per heavy atom. The number of methoxy groups -OCH3 is 1. The van der Waals surface area contributed by atoms with Crippen molar-refractivity contribution in [1.82, 2.24) is 0 Å². The molecule has 1 aromatic carbocycles. The SMILES string of the molecule is COC(=O)[C@@H]1C(=O)C=C(Nc2ccc(C(C)(C)C)cc2)C[C@H]1C. The van der Waals surface area contributed by atoms with E-state index in [1.165, 1.54) is 18.7 Å². The number of benzene rings is 1. The first-order chi connectivity index (χ1) is 10.7. The van der Waals surface area contributed by atoms with Gasteiger partial charge >= 0.3 is 5.97 Å². The van der Waals surface area contributed by atoms with Crippen molar-refractivity contribution in [2.75, 3.05) is 12.4 Å². The molecule has 124 valence electrons. The van der Waals surface area contributed by atoms with Gasteiger partial charge in [0.25, 0.3) is 0 Å². The third kappa shape index (κ3) is 4.01. The van der Waals surface area contributed by atoms with Crippen molar-refractivity contribution in [1.29, 1.82) is 0 Å². The molecule has 4 nitrogen and oxygen atoms in total. The van der Waals surface area contributed by atoms with Crippen molar-refractivity contribution in [3.63, 3.8) is 0 Å². The molecule has 1 aliphatic rings. The van der Waals surface area contributed by atoms with Gasteiger partial charge in [0.15, 0.2) is 5.78 Å². The van der Waals surface area contributed by atoms with Crippen LogP contribution in [0.3, 0.4) is 0 Å². The minimum absolute atomic E-state index is 0.0729. The van der Waals surface area contributed by atoms with Crippen LogP contribution in [0.1, 0.15) is 39.7 Å². The number of rotatable bonds is 3. The Balaban J connectivity index is 2.12. The molecule has 1 aromatic rings. The fourth-order valence-electron chi connectivity index (χ4n) is 2.87. The molecule has 0 heterocycles. The maximum atomic E-state index is 12.2. The van der Waals surface area contributed by atoms with Gasteiger partial charge in [-0.15, -0.1) is 0 Å². The molecule has 0 amide bonds. The van der Waals surface area contributed by atoms with E-state index in [1.54, 1.807) is 0 Å². The van der Waals surface area contributed by atoms with Gasteiger partial charge in [-0.25, -0.2) is 0 Å². The summed E-state index contributed by atoms with van der Waals surface area (Å²) in [6.07, 6.45) is 2.17. The zero-order valence-electron chi connectivity index (χ0n) is 14.5. The number of carbonyl (C=O) groups is 2. The first-order valence-electron chi connectivity index (χ1n) is 7.92. The normalized spacial score (nSPS) is 21.6. The molecule has 0 radical (unpaired) electrons. The predicted octanol–water partition coefficient (Wildman–Crippen LogP) is 3.68. The van der Waals surface area contributed by atoms with E-state index in [1.807, 2.05) is 19.1 Å². The summed E-state index contributed by atoms with van der Waals surface area (Å²) >= 11 is 0. The number of nitrogens with one attached hydrogen (secondary N) is 1. The molecule has 0 aliphatic heterocycles. The van der Waals surface area contributed by atoms with Gasteiger partial charge in [0, 0.05) is 17.5 Å². The van der Waals surface area contributed by atoms with E-state index in [9.17, 15) is 9.59 Å². The summed E-state index contributed by atoms with van der Waals surface area (Å²) in [6, 6.07) is 8.22. The van der Waals surface area contributed by atoms with Crippen LogP contribution >= 0.6 is 0 Å². The Morgan fingerprint density at radius 1 is 1.22 bits per heavy atom.